The van der Waals surface area contributed by atoms with Crippen molar-refractivity contribution in [3.63, 3.8) is 0 Å². The first kappa shape index (κ1) is 17.2. The molecule has 2 heterocycles. The van der Waals surface area contributed by atoms with Crippen LogP contribution in [0.2, 0.25) is 0 Å². The standard InChI is InChI=1S/C22H20N2O3/c1-3-27-22(26)17-9-11-19-23-20-16(12-15-7-5-4-6-14(15)2)8-10-18(20)21(25)24(19)13-17/h4-7,9,11-13H,3,8,10H2,1-2H3. The fraction of sp³-hybridized carbons (Fsp3) is 0.227. The van der Waals surface area contributed by atoms with Crippen molar-refractivity contribution in [2.24, 2.45) is 0 Å². The molecule has 0 bridgehead atoms. The van der Waals surface area contributed by atoms with Crippen molar-refractivity contribution in [3.8, 4) is 0 Å². The summed E-state index contributed by atoms with van der Waals surface area (Å²) in [4.78, 5) is 29.6. The normalized spacial score (nSPS) is 14.5. The van der Waals surface area contributed by atoms with E-state index >= 15 is 0 Å². The van der Waals surface area contributed by atoms with Crippen molar-refractivity contribution in [1.29, 1.82) is 0 Å². The Bertz CT molecular complexity index is 1140. The Kier molecular flexibility index (Phi) is 4.36. The van der Waals surface area contributed by atoms with Crippen molar-refractivity contribution in [2.75, 3.05) is 6.61 Å². The predicted molar refractivity (Wildman–Crippen MR) is 105 cm³/mol. The van der Waals surface area contributed by atoms with E-state index in [0.717, 1.165) is 23.3 Å². The van der Waals surface area contributed by atoms with Crippen molar-refractivity contribution in [2.45, 2.75) is 26.7 Å². The van der Waals surface area contributed by atoms with Gasteiger partial charge in [-0.3, -0.25) is 9.20 Å². The molecule has 0 aliphatic heterocycles. The van der Waals surface area contributed by atoms with Crippen LogP contribution in [0.15, 0.2) is 47.4 Å². The molecule has 5 nitrogen and oxygen atoms in total. The number of nitrogens with zero attached hydrogens (tertiary/aromatic N) is 2. The number of hydrogen-bond acceptors (Lipinski definition) is 4. The van der Waals surface area contributed by atoms with Gasteiger partial charge in [0.1, 0.15) is 5.65 Å². The Morgan fingerprint density at radius 2 is 2.04 bits per heavy atom. The van der Waals surface area contributed by atoms with E-state index in [4.69, 9.17) is 9.72 Å². The highest BCUT2D eigenvalue weighted by Gasteiger charge is 2.23. The summed E-state index contributed by atoms with van der Waals surface area (Å²) in [6.45, 7) is 4.12. The van der Waals surface area contributed by atoms with Crippen molar-refractivity contribution < 1.29 is 9.53 Å². The van der Waals surface area contributed by atoms with Crippen LogP contribution >= 0.6 is 0 Å². The van der Waals surface area contributed by atoms with E-state index in [1.807, 2.05) is 12.1 Å². The highest BCUT2D eigenvalue weighted by atomic mass is 16.5. The fourth-order valence-electron chi connectivity index (χ4n) is 3.46. The van der Waals surface area contributed by atoms with Gasteiger partial charge in [0.05, 0.1) is 17.9 Å². The molecule has 0 fully saturated rings. The van der Waals surface area contributed by atoms with Gasteiger partial charge in [-0.25, -0.2) is 9.78 Å². The molecule has 0 saturated heterocycles. The zero-order valence-electron chi connectivity index (χ0n) is 15.4. The lowest BCUT2D eigenvalue weighted by Crippen LogP contribution is -2.21. The Hall–Kier alpha value is -3.21. The maximum absolute atomic E-state index is 13.0. The number of hydrogen-bond donors (Lipinski definition) is 0. The van der Waals surface area contributed by atoms with E-state index in [1.54, 1.807) is 19.1 Å². The molecule has 0 saturated carbocycles. The van der Waals surface area contributed by atoms with Crippen molar-refractivity contribution >= 4 is 23.3 Å². The molecule has 4 rings (SSSR count). The summed E-state index contributed by atoms with van der Waals surface area (Å²) in [6.07, 6.45) is 5.09. The molecule has 136 valence electrons. The zero-order chi connectivity index (χ0) is 19.0. The van der Waals surface area contributed by atoms with Gasteiger partial charge in [0.15, 0.2) is 0 Å². The van der Waals surface area contributed by atoms with Crippen LogP contribution in [0.4, 0.5) is 0 Å². The Balaban J connectivity index is 1.83. The molecule has 0 N–H and O–H groups in total. The second-order valence-corrected chi connectivity index (χ2v) is 6.64. The molecule has 0 atom stereocenters. The first-order valence-electron chi connectivity index (χ1n) is 9.07. The molecule has 1 aliphatic rings. The number of fused-ring (bicyclic) bond motifs is 2. The number of pyridine rings is 1. The molecule has 2 aromatic heterocycles. The van der Waals surface area contributed by atoms with Crippen molar-refractivity contribution in [1.82, 2.24) is 9.38 Å². The molecule has 27 heavy (non-hydrogen) atoms. The zero-order valence-corrected chi connectivity index (χ0v) is 15.4. The Morgan fingerprint density at radius 3 is 2.81 bits per heavy atom. The average Bonchev–Trinajstić information content (AvgIpc) is 3.07. The van der Waals surface area contributed by atoms with E-state index in [-0.39, 0.29) is 5.56 Å². The van der Waals surface area contributed by atoms with Gasteiger partial charge in [-0.2, -0.15) is 0 Å². The second-order valence-electron chi connectivity index (χ2n) is 6.64. The summed E-state index contributed by atoms with van der Waals surface area (Å²) in [5.74, 6) is -0.438. The fourth-order valence-corrected chi connectivity index (χ4v) is 3.46. The van der Waals surface area contributed by atoms with Gasteiger partial charge in [0.2, 0.25) is 0 Å². The molecule has 0 radical (unpaired) electrons. The number of esters is 1. The van der Waals surface area contributed by atoms with E-state index in [9.17, 15) is 9.59 Å². The smallest absolute Gasteiger partial charge is 0.339 e. The highest BCUT2D eigenvalue weighted by molar-refractivity contribution is 5.89. The van der Waals surface area contributed by atoms with Gasteiger partial charge in [-0.1, -0.05) is 24.3 Å². The molecule has 1 aromatic carbocycles. The van der Waals surface area contributed by atoms with Crippen LogP contribution in [-0.4, -0.2) is 22.0 Å². The minimum absolute atomic E-state index is 0.116. The maximum atomic E-state index is 13.0. The summed E-state index contributed by atoms with van der Waals surface area (Å²) in [5, 5.41) is 0. The van der Waals surface area contributed by atoms with Gasteiger partial charge in [0, 0.05) is 11.8 Å². The van der Waals surface area contributed by atoms with Crippen LogP contribution in [0.5, 0.6) is 0 Å². The van der Waals surface area contributed by atoms with Gasteiger partial charge < -0.3 is 4.74 Å². The third-order valence-corrected chi connectivity index (χ3v) is 4.89. The van der Waals surface area contributed by atoms with Crippen LogP contribution in [0, 0.1) is 6.92 Å². The SMILES string of the molecule is CCOC(=O)c1ccc2nc3c(c(=O)n2c1)CCC3=Cc1ccccc1C. The summed E-state index contributed by atoms with van der Waals surface area (Å²) >= 11 is 0. The highest BCUT2D eigenvalue weighted by Crippen LogP contribution is 2.31. The van der Waals surface area contributed by atoms with Crippen LogP contribution in [0.25, 0.3) is 17.3 Å². The molecule has 0 spiro atoms. The van der Waals surface area contributed by atoms with Gasteiger partial charge in [-0.15, -0.1) is 0 Å². The molecule has 1 aliphatic carbocycles. The van der Waals surface area contributed by atoms with Gasteiger partial charge in [0.25, 0.3) is 5.56 Å². The topological polar surface area (TPSA) is 60.7 Å². The van der Waals surface area contributed by atoms with Gasteiger partial charge >= 0.3 is 5.97 Å². The third kappa shape index (κ3) is 3.05. The third-order valence-electron chi connectivity index (χ3n) is 4.89. The summed E-state index contributed by atoms with van der Waals surface area (Å²) in [5.41, 5.74) is 5.64. The van der Waals surface area contributed by atoms with E-state index in [1.165, 1.54) is 16.2 Å². The second kappa shape index (κ2) is 6.83. The van der Waals surface area contributed by atoms with Crippen molar-refractivity contribution in [3.05, 3.63) is 80.9 Å². The molecular weight excluding hydrogens is 340 g/mol. The van der Waals surface area contributed by atoms with Crippen LogP contribution < -0.4 is 5.56 Å². The van der Waals surface area contributed by atoms with E-state index in [2.05, 4.69) is 25.1 Å². The predicted octanol–water partition coefficient (Wildman–Crippen LogP) is 3.67. The number of carbonyl (C=O) groups is 1. The first-order chi connectivity index (χ1) is 13.1. The summed E-state index contributed by atoms with van der Waals surface area (Å²) in [6, 6.07) is 11.5. The number of aromatic nitrogens is 2. The largest absolute Gasteiger partial charge is 0.462 e. The maximum Gasteiger partial charge on any atom is 0.339 e. The number of ether oxygens (including phenoxy) is 1. The number of allylic oxidation sites excluding steroid dienone is 1. The number of rotatable bonds is 3. The van der Waals surface area contributed by atoms with E-state index in [0.29, 0.717) is 29.8 Å². The quantitative estimate of drug-likeness (QED) is 0.669. The molecular formula is C22H20N2O3. The van der Waals surface area contributed by atoms with Crippen LogP contribution in [0.3, 0.4) is 0 Å². The number of aryl methyl sites for hydroxylation is 1. The average molecular weight is 360 g/mol. The lowest BCUT2D eigenvalue weighted by molar-refractivity contribution is 0.0525. The molecule has 0 unspecified atom stereocenters. The molecule has 0 amide bonds. The molecule has 3 aromatic rings. The molecule has 5 heteroatoms. The van der Waals surface area contributed by atoms with Crippen LogP contribution in [-0.2, 0) is 11.2 Å². The number of benzene rings is 1. The first-order valence-corrected chi connectivity index (χ1v) is 9.07. The monoisotopic (exact) mass is 360 g/mol. The lowest BCUT2D eigenvalue weighted by Gasteiger charge is -2.08. The van der Waals surface area contributed by atoms with E-state index < -0.39 is 5.97 Å². The van der Waals surface area contributed by atoms with Gasteiger partial charge in [-0.05, 0) is 61.6 Å². The summed E-state index contributed by atoms with van der Waals surface area (Å²) < 4.78 is 6.47. The Morgan fingerprint density at radius 1 is 1.22 bits per heavy atom. The van der Waals surface area contributed by atoms with Crippen LogP contribution in [0.1, 0.15) is 46.1 Å². The Labute approximate surface area is 156 Å². The number of carbonyl (C=O) groups excluding carboxylic acids is 1. The minimum Gasteiger partial charge on any atom is -0.462 e. The minimum atomic E-state index is -0.438. The summed E-state index contributed by atoms with van der Waals surface area (Å²) in [7, 11) is 0. The lowest BCUT2D eigenvalue weighted by atomic mass is 10.0.